The number of hydrogen-bond acceptors (Lipinski definition) is 3. The van der Waals surface area contributed by atoms with Crippen LogP contribution in [0.15, 0.2) is 24.3 Å². The Kier molecular flexibility index (Phi) is 4.04. The SMILES string of the molecule is O=C(Nc1cccc(N2CCCCC2=O)c1)C1CC12CCNCC2. The maximum atomic E-state index is 12.6. The molecule has 2 amide bonds. The molecular formula is C19H25N3O2. The minimum absolute atomic E-state index is 0.138. The highest BCUT2D eigenvalue weighted by molar-refractivity contribution is 5.97. The van der Waals surface area contributed by atoms with E-state index in [9.17, 15) is 9.59 Å². The van der Waals surface area contributed by atoms with Crippen LogP contribution in [-0.4, -0.2) is 31.4 Å². The number of carbonyl (C=O) groups excluding carboxylic acids is 2. The molecule has 0 aromatic heterocycles. The van der Waals surface area contributed by atoms with E-state index in [1.54, 1.807) is 0 Å². The van der Waals surface area contributed by atoms with Gasteiger partial charge in [-0.2, -0.15) is 0 Å². The first-order valence-electron chi connectivity index (χ1n) is 9.10. The Balaban J connectivity index is 1.43. The lowest BCUT2D eigenvalue weighted by Gasteiger charge is -2.27. The Bertz CT molecular complexity index is 652. The molecule has 1 unspecified atom stereocenters. The molecule has 5 heteroatoms. The van der Waals surface area contributed by atoms with Crippen LogP contribution in [0.5, 0.6) is 0 Å². The molecule has 4 rings (SSSR count). The molecule has 2 heterocycles. The van der Waals surface area contributed by atoms with Crippen LogP contribution in [0.1, 0.15) is 38.5 Å². The summed E-state index contributed by atoms with van der Waals surface area (Å²) in [4.78, 5) is 26.5. The topological polar surface area (TPSA) is 61.4 Å². The zero-order valence-corrected chi connectivity index (χ0v) is 14.0. The Hall–Kier alpha value is -1.88. The normalized spacial score (nSPS) is 25.6. The fourth-order valence-corrected chi connectivity index (χ4v) is 4.26. The smallest absolute Gasteiger partial charge is 0.228 e. The highest BCUT2D eigenvalue weighted by Gasteiger charge is 2.57. The van der Waals surface area contributed by atoms with Gasteiger partial charge < -0.3 is 15.5 Å². The number of nitrogens with zero attached hydrogens (tertiary/aromatic N) is 1. The van der Waals surface area contributed by atoms with E-state index in [-0.39, 0.29) is 23.1 Å². The third-order valence-electron chi connectivity index (χ3n) is 5.85. The van der Waals surface area contributed by atoms with Gasteiger partial charge in [0, 0.05) is 30.3 Å². The summed E-state index contributed by atoms with van der Waals surface area (Å²) in [7, 11) is 0. The Morgan fingerprint density at radius 3 is 2.88 bits per heavy atom. The standard InChI is InChI=1S/C19H25N3O2/c23-17-6-1-2-11-22(17)15-5-3-4-14(12-15)21-18(24)16-13-19(16)7-9-20-10-8-19/h3-5,12,16,20H,1-2,6-11,13H2,(H,21,24). The maximum absolute atomic E-state index is 12.6. The predicted molar refractivity (Wildman–Crippen MR) is 93.9 cm³/mol. The van der Waals surface area contributed by atoms with Gasteiger partial charge in [0.2, 0.25) is 11.8 Å². The molecule has 1 aromatic rings. The summed E-state index contributed by atoms with van der Waals surface area (Å²) in [5.41, 5.74) is 1.94. The number of amides is 2. The average molecular weight is 327 g/mol. The van der Waals surface area contributed by atoms with Gasteiger partial charge in [0.05, 0.1) is 0 Å². The van der Waals surface area contributed by atoms with E-state index < -0.39 is 0 Å². The second-order valence-electron chi connectivity index (χ2n) is 7.41. The number of carbonyl (C=O) groups is 2. The minimum atomic E-state index is 0.138. The number of piperidine rings is 2. The first-order valence-corrected chi connectivity index (χ1v) is 9.10. The van der Waals surface area contributed by atoms with Crippen molar-refractivity contribution in [2.24, 2.45) is 11.3 Å². The quantitative estimate of drug-likeness (QED) is 0.897. The van der Waals surface area contributed by atoms with Crippen molar-refractivity contribution in [2.75, 3.05) is 29.9 Å². The summed E-state index contributed by atoms with van der Waals surface area (Å²) in [6, 6.07) is 7.70. The van der Waals surface area contributed by atoms with Crippen LogP contribution in [0.25, 0.3) is 0 Å². The molecule has 1 aromatic carbocycles. The third-order valence-corrected chi connectivity index (χ3v) is 5.85. The van der Waals surface area contributed by atoms with E-state index in [2.05, 4.69) is 10.6 Å². The van der Waals surface area contributed by atoms with Gasteiger partial charge in [-0.3, -0.25) is 9.59 Å². The molecule has 2 N–H and O–H groups in total. The number of nitrogens with one attached hydrogen (secondary N) is 2. The van der Waals surface area contributed by atoms with Gasteiger partial charge >= 0.3 is 0 Å². The van der Waals surface area contributed by atoms with Gasteiger partial charge in [-0.1, -0.05) is 6.07 Å². The fraction of sp³-hybridized carbons (Fsp3) is 0.579. The van der Waals surface area contributed by atoms with Gasteiger partial charge in [-0.25, -0.2) is 0 Å². The number of anilines is 2. The predicted octanol–water partition coefficient (Wildman–Crippen LogP) is 2.53. The molecule has 1 atom stereocenters. The number of hydrogen-bond donors (Lipinski definition) is 2. The van der Waals surface area contributed by atoms with Crippen molar-refractivity contribution in [2.45, 2.75) is 38.5 Å². The highest BCUT2D eigenvalue weighted by Crippen LogP contribution is 2.58. The van der Waals surface area contributed by atoms with Crippen LogP contribution in [0, 0.1) is 11.3 Å². The van der Waals surface area contributed by atoms with Gasteiger partial charge in [-0.05, 0) is 68.8 Å². The van der Waals surface area contributed by atoms with Crippen LogP contribution < -0.4 is 15.5 Å². The molecule has 24 heavy (non-hydrogen) atoms. The van der Waals surface area contributed by atoms with E-state index in [1.165, 1.54) is 0 Å². The van der Waals surface area contributed by atoms with Gasteiger partial charge in [0.25, 0.3) is 0 Å². The van der Waals surface area contributed by atoms with Crippen LogP contribution >= 0.6 is 0 Å². The van der Waals surface area contributed by atoms with E-state index in [0.29, 0.717) is 6.42 Å². The lowest BCUT2D eigenvalue weighted by atomic mass is 9.92. The second-order valence-corrected chi connectivity index (χ2v) is 7.41. The van der Waals surface area contributed by atoms with Crippen LogP contribution in [-0.2, 0) is 9.59 Å². The van der Waals surface area contributed by atoms with E-state index >= 15 is 0 Å². The molecule has 0 bridgehead atoms. The molecule has 5 nitrogen and oxygen atoms in total. The van der Waals surface area contributed by atoms with E-state index in [0.717, 1.165) is 63.1 Å². The van der Waals surface area contributed by atoms with E-state index in [1.807, 2.05) is 29.2 Å². The molecular weight excluding hydrogens is 302 g/mol. The lowest BCUT2D eigenvalue weighted by molar-refractivity contribution is -0.119. The van der Waals surface area contributed by atoms with Crippen molar-refractivity contribution < 1.29 is 9.59 Å². The van der Waals surface area contributed by atoms with Crippen molar-refractivity contribution >= 4 is 23.2 Å². The first-order chi connectivity index (χ1) is 11.7. The molecule has 2 saturated heterocycles. The molecule has 1 saturated carbocycles. The molecule has 3 fully saturated rings. The fourth-order valence-electron chi connectivity index (χ4n) is 4.26. The number of rotatable bonds is 3. The summed E-state index contributed by atoms with van der Waals surface area (Å²) in [5, 5.41) is 6.44. The summed E-state index contributed by atoms with van der Waals surface area (Å²) >= 11 is 0. The van der Waals surface area contributed by atoms with Crippen LogP contribution in [0.4, 0.5) is 11.4 Å². The van der Waals surface area contributed by atoms with Gasteiger partial charge in [-0.15, -0.1) is 0 Å². The zero-order valence-electron chi connectivity index (χ0n) is 14.0. The lowest BCUT2D eigenvalue weighted by Crippen LogP contribution is -2.35. The van der Waals surface area contributed by atoms with Crippen LogP contribution in [0.3, 0.4) is 0 Å². The first kappa shape index (κ1) is 15.6. The highest BCUT2D eigenvalue weighted by atomic mass is 16.2. The Morgan fingerprint density at radius 1 is 1.25 bits per heavy atom. The minimum Gasteiger partial charge on any atom is -0.326 e. The largest absolute Gasteiger partial charge is 0.326 e. The van der Waals surface area contributed by atoms with Crippen molar-refractivity contribution in [3.63, 3.8) is 0 Å². The molecule has 3 aliphatic rings. The third kappa shape index (κ3) is 2.93. The zero-order chi connectivity index (χ0) is 16.6. The Morgan fingerprint density at radius 2 is 2.08 bits per heavy atom. The maximum Gasteiger partial charge on any atom is 0.228 e. The second kappa shape index (κ2) is 6.20. The van der Waals surface area contributed by atoms with Crippen molar-refractivity contribution in [1.82, 2.24) is 5.32 Å². The van der Waals surface area contributed by atoms with Gasteiger partial charge in [0.1, 0.15) is 0 Å². The van der Waals surface area contributed by atoms with Crippen LogP contribution in [0.2, 0.25) is 0 Å². The summed E-state index contributed by atoms with van der Waals surface area (Å²) in [5.74, 6) is 0.472. The average Bonchev–Trinajstić information content (AvgIpc) is 3.29. The molecule has 128 valence electrons. The molecule has 0 radical (unpaired) electrons. The monoisotopic (exact) mass is 327 g/mol. The Labute approximate surface area is 142 Å². The van der Waals surface area contributed by atoms with Crippen molar-refractivity contribution in [1.29, 1.82) is 0 Å². The molecule has 2 aliphatic heterocycles. The summed E-state index contributed by atoms with van der Waals surface area (Å²) < 4.78 is 0. The van der Waals surface area contributed by atoms with Gasteiger partial charge in [0.15, 0.2) is 0 Å². The van der Waals surface area contributed by atoms with E-state index in [4.69, 9.17) is 0 Å². The van der Waals surface area contributed by atoms with Crippen molar-refractivity contribution in [3.05, 3.63) is 24.3 Å². The number of benzene rings is 1. The molecule has 1 aliphatic carbocycles. The summed E-state index contributed by atoms with van der Waals surface area (Å²) in [6.45, 7) is 2.82. The molecule has 1 spiro atoms. The summed E-state index contributed by atoms with van der Waals surface area (Å²) in [6.07, 6.45) is 5.87. The van der Waals surface area contributed by atoms with Crippen molar-refractivity contribution in [3.8, 4) is 0 Å².